The van der Waals surface area contributed by atoms with Gasteiger partial charge in [-0.15, -0.1) is 11.8 Å². The predicted molar refractivity (Wildman–Crippen MR) is 74.5 cm³/mol. The molecule has 0 atom stereocenters. The lowest BCUT2D eigenvalue weighted by molar-refractivity contribution is -0.146. The van der Waals surface area contributed by atoms with Crippen LogP contribution >= 0.6 is 23.4 Å². The highest BCUT2D eigenvalue weighted by Gasteiger charge is 2.35. The van der Waals surface area contributed by atoms with Crippen molar-refractivity contribution in [2.45, 2.75) is 23.8 Å². The molecular formula is C13H14ClNO3S. The average Bonchev–Trinajstić information content (AvgIpc) is 2.31. The van der Waals surface area contributed by atoms with E-state index in [1.165, 1.54) is 11.8 Å². The van der Waals surface area contributed by atoms with E-state index in [4.69, 9.17) is 16.7 Å². The summed E-state index contributed by atoms with van der Waals surface area (Å²) in [4.78, 5) is 23.2. The van der Waals surface area contributed by atoms with E-state index in [9.17, 15) is 9.59 Å². The Kier molecular flexibility index (Phi) is 4.71. The van der Waals surface area contributed by atoms with E-state index in [-0.39, 0.29) is 23.6 Å². The van der Waals surface area contributed by atoms with Crippen LogP contribution in [0, 0.1) is 5.92 Å². The van der Waals surface area contributed by atoms with Crippen LogP contribution in [0.3, 0.4) is 0 Å². The van der Waals surface area contributed by atoms with Crippen LogP contribution in [0.25, 0.3) is 0 Å². The molecule has 1 aliphatic carbocycles. The van der Waals surface area contributed by atoms with E-state index in [2.05, 4.69) is 5.32 Å². The van der Waals surface area contributed by atoms with E-state index in [1.807, 2.05) is 18.2 Å². The normalized spacial score (nSPS) is 21.5. The Bertz CT molecular complexity index is 489. The Morgan fingerprint density at radius 2 is 2.05 bits per heavy atom. The predicted octanol–water partition coefficient (Wildman–Crippen LogP) is 2.41. The van der Waals surface area contributed by atoms with Gasteiger partial charge in [0.05, 0.1) is 16.7 Å². The number of carboxylic acid groups (broad SMARTS) is 1. The van der Waals surface area contributed by atoms with Crippen molar-refractivity contribution in [3.8, 4) is 0 Å². The van der Waals surface area contributed by atoms with Gasteiger partial charge in [0, 0.05) is 10.9 Å². The lowest BCUT2D eigenvalue weighted by atomic mass is 9.80. The molecule has 6 heteroatoms. The standard InChI is InChI=1S/C13H14ClNO3S/c14-10-3-1-2-4-11(10)19-7-12(16)15-9-5-8(6-9)13(17)18/h1-4,8-9H,5-7H2,(H,15,16)(H,17,18). The fourth-order valence-corrected chi connectivity index (χ4v) is 2.96. The summed E-state index contributed by atoms with van der Waals surface area (Å²) < 4.78 is 0. The average molecular weight is 300 g/mol. The van der Waals surface area contributed by atoms with E-state index < -0.39 is 5.97 Å². The second kappa shape index (κ2) is 6.30. The first-order valence-electron chi connectivity index (χ1n) is 5.95. The number of carbonyl (C=O) groups is 2. The first kappa shape index (κ1) is 14.2. The molecule has 0 unspecified atom stereocenters. The maximum absolute atomic E-state index is 11.7. The summed E-state index contributed by atoms with van der Waals surface area (Å²) in [5.74, 6) is -0.881. The van der Waals surface area contributed by atoms with Crippen LogP contribution in [-0.4, -0.2) is 28.8 Å². The number of carboxylic acids is 1. The van der Waals surface area contributed by atoms with Crippen molar-refractivity contribution in [3.05, 3.63) is 29.3 Å². The van der Waals surface area contributed by atoms with Gasteiger partial charge in [0.15, 0.2) is 0 Å². The summed E-state index contributed by atoms with van der Waals surface area (Å²) in [5, 5.41) is 12.2. The number of nitrogens with one attached hydrogen (secondary N) is 1. The maximum Gasteiger partial charge on any atom is 0.306 e. The van der Waals surface area contributed by atoms with Gasteiger partial charge in [-0.3, -0.25) is 9.59 Å². The van der Waals surface area contributed by atoms with Crippen LogP contribution in [0.4, 0.5) is 0 Å². The smallest absolute Gasteiger partial charge is 0.306 e. The van der Waals surface area contributed by atoms with E-state index in [0.29, 0.717) is 17.9 Å². The first-order valence-corrected chi connectivity index (χ1v) is 7.32. The summed E-state index contributed by atoms with van der Waals surface area (Å²) in [7, 11) is 0. The molecule has 0 aromatic heterocycles. The Morgan fingerprint density at radius 3 is 2.68 bits per heavy atom. The van der Waals surface area contributed by atoms with E-state index in [1.54, 1.807) is 6.07 Å². The Balaban J connectivity index is 1.72. The molecule has 1 fully saturated rings. The van der Waals surface area contributed by atoms with Gasteiger partial charge >= 0.3 is 5.97 Å². The summed E-state index contributed by atoms with van der Waals surface area (Å²) in [6.45, 7) is 0. The Hall–Kier alpha value is -1.20. The number of thioether (sulfide) groups is 1. The van der Waals surface area contributed by atoms with Gasteiger partial charge in [-0.2, -0.15) is 0 Å². The second-order valence-corrected chi connectivity index (χ2v) is 5.91. The molecule has 19 heavy (non-hydrogen) atoms. The molecule has 1 aromatic rings. The van der Waals surface area contributed by atoms with E-state index in [0.717, 1.165) is 4.90 Å². The third-order valence-electron chi connectivity index (χ3n) is 3.05. The van der Waals surface area contributed by atoms with Crippen LogP contribution in [0.1, 0.15) is 12.8 Å². The number of halogens is 1. The SMILES string of the molecule is O=C(CSc1ccccc1Cl)NC1CC(C(=O)O)C1. The van der Waals surface area contributed by atoms with Gasteiger partial charge in [0.2, 0.25) is 5.91 Å². The summed E-state index contributed by atoms with van der Waals surface area (Å²) in [6, 6.07) is 7.36. The number of benzene rings is 1. The number of aliphatic carboxylic acids is 1. The van der Waals surface area contributed by atoms with Crippen LogP contribution in [0.2, 0.25) is 5.02 Å². The zero-order valence-electron chi connectivity index (χ0n) is 10.1. The van der Waals surface area contributed by atoms with Crippen LogP contribution in [0.15, 0.2) is 29.2 Å². The molecule has 1 aromatic carbocycles. The molecule has 0 spiro atoms. The molecule has 2 rings (SSSR count). The largest absolute Gasteiger partial charge is 0.481 e. The van der Waals surface area contributed by atoms with Gasteiger partial charge in [-0.25, -0.2) is 0 Å². The molecule has 4 nitrogen and oxygen atoms in total. The van der Waals surface area contributed by atoms with Crippen molar-refractivity contribution in [1.82, 2.24) is 5.32 Å². The quantitative estimate of drug-likeness (QED) is 0.820. The highest BCUT2D eigenvalue weighted by atomic mass is 35.5. The highest BCUT2D eigenvalue weighted by molar-refractivity contribution is 8.00. The molecular weight excluding hydrogens is 286 g/mol. The molecule has 1 saturated carbocycles. The zero-order valence-corrected chi connectivity index (χ0v) is 11.7. The lowest BCUT2D eigenvalue weighted by Crippen LogP contribution is -2.47. The molecule has 0 radical (unpaired) electrons. The highest BCUT2D eigenvalue weighted by Crippen LogP contribution is 2.29. The minimum atomic E-state index is -0.782. The number of rotatable bonds is 5. The van der Waals surface area contributed by atoms with Gasteiger partial charge in [-0.05, 0) is 25.0 Å². The van der Waals surface area contributed by atoms with E-state index >= 15 is 0 Å². The molecule has 1 amide bonds. The lowest BCUT2D eigenvalue weighted by Gasteiger charge is -2.32. The summed E-state index contributed by atoms with van der Waals surface area (Å²) in [6.07, 6.45) is 1.05. The minimum absolute atomic E-state index is 0.000412. The molecule has 1 aliphatic rings. The Labute approximate surface area is 120 Å². The first-order chi connectivity index (χ1) is 9.06. The van der Waals surface area contributed by atoms with Gasteiger partial charge in [0.1, 0.15) is 0 Å². The van der Waals surface area contributed by atoms with Crippen molar-refractivity contribution < 1.29 is 14.7 Å². The number of carbonyl (C=O) groups excluding carboxylic acids is 1. The molecule has 102 valence electrons. The van der Waals surface area contributed by atoms with Crippen LogP contribution in [-0.2, 0) is 9.59 Å². The number of hydrogen-bond donors (Lipinski definition) is 2. The molecule has 0 saturated heterocycles. The molecule has 2 N–H and O–H groups in total. The molecule has 0 heterocycles. The van der Waals surface area contributed by atoms with Gasteiger partial charge < -0.3 is 10.4 Å². The second-order valence-electron chi connectivity index (χ2n) is 4.49. The summed E-state index contributed by atoms with van der Waals surface area (Å²) >= 11 is 7.37. The third-order valence-corrected chi connectivity index (χ3v) is 4.56. The maximum atomic E-state index is 11.7. The van der Waals surface area contributed by atoms with Gasteiger partial charge in [0.25, 0.3) is 0 Å². The minimum Gasteiger partial charge on any atom is -0.481 e. The molecule has 0 bridgehead atoms. The fourth-order valence-electron chi connectivity index (χ4n) is 1.91. The number of amides is 1. The van der Waals surface area contributed by atoms with Crippen molar-refractivity contribution in [2.24, 2.45) is 5.92 Å². The summed E-state index contributed by atoms with van der Waals surface area (Å²) in [5.41, 5.74) is 0. The zero-order chi connectivity index (χ0) is 13.8. The van der Waals surface area contributed by atoms with Crippen LogP contribution in [0.5, 0.6) is 0 Å². The fraction of sp³-hybridized carbons (Fsp3) is 0.385. The van der Waals surface area contributed by atoms with Crippen molar-refractivity contribution in [3.63, 3.8) is 0 Å². The monoisotopic (exact) mass is 299 g/mol. The third kappa shape index (κ3) is 3.88. The topological polar surface area (TPSA) is 66.4 Å². The van der Waals surface area contributed by atoms with Crippen molar-refractivity contribution in [2.75, 3.05) is 5.75 Å². The van der Waals surface area contributed by atoms with Crippen LogP contribution < -0.4 is 5.32 Å². The van der Waals surface area contributed by atoms with Gasteiger partial charge in [-0.1, -0.05) is 23.7 Å². The Morgan fingerprint density at radius 1 is 1.37 bits per heavy atom. The molecule has 0 aliphatic heterocycles. The van der Waals surface area contributed by atoms with Crippen molar-refractivity contribution >= 4 is 35.2 Å². The number of hydrogen-bond acceptors (Lipinski definition) is 3. The van der Waals surface area contributed by atoms with Crippen molar-refractivity contribution in [1.29, 1.82) is 0 Å².